The number of amides is 1. The number of hydrogen-bond acceptors (Lipinski definition) is 3. The molecule has 1 amide bonds. The third kappa shape index (κ3) is 2.95. The highest BCUT2D eigenvalue weighted by Crippen LogP contribution is 2.29. The fraction of sp³-hybridized carbons (Fsp3) is 0.278. The number of benzene rings is 2. The van der Waals surface area contributed by atoms with Gasteiger partial charge in [-0.05, 0) is 36.6 Å². The maximum absolute atomic E-state index is 13.1. The van der Waals surface area contributed by atoms with Crippen molar-refractivity contribution in [2.75, 3.05) is 7.05 Å². The summed E-state index contributed by atoms with van der Waals surface area (Å²) in [6.45, 7) is 2.10. The first kappa shape index (κ1) is 16.7. The predicted octanol–water partition coefficient (Wildman–Crippen LogP) is 1.86. The SMILES string of the molecule is CNC(=O)[C@@H]1Cc2ccccc2CN1S(=O)(=O)c1ccc(C)cc1. The van der Waals surface area contributed by atoms with Crippen LogP contribution in [-0.2, 0) is 27.8 Å². The van der Waals surface area contributed by atoms with Crippen molar-refractivity contribution in [1.29, 1.82) is 0 Å². The van der Waals surface area contributed by atoms with E-state index in [0.717, 1.165) is 16.7 Å². The molecule has 1 aliphatic rings. The lowest BCUT2D eigenvalue weighted by Crippen LogP contribution is -2.51. The van der Waals surface area contributed by atoms with E-state index in [1.807, 2.05) is 31.2 Å². The Morgan fingerprint density at radius 3 is 2.33 bits per heavy atom. The minimum Gasteiger partial charge on any atom is -0.358 e. The van der Waals surface area contributed by atoms with Crippen molar-refractivity contribution in [2.24, 2.45) is 0 Å². The molecule has 2 aromatic carbocycles. The number of nitrogens with zero attached hydrogens (tertiary/aromatic N) is 1. The van der Waals surface area contributed by atoms with Crippen molar-refractivity contribution in [3.05, 3.63) is 65.2 Å². The second kappa shape index (κ2) is 6.37. The number of fused-ring (bicyclic) bond motifs is 1. The van der Waals surface area contributed by atoms with Crippen molar-refractivity contribution in [1.82, 2.24) is 9.62 Å². The molecule has 0 fully saturated rings. The Hall–Kier alpha value is -2.18. The van der Waals surface area contributed by atoms with E-state index in [4.69, 9.17) is 0 Å². The van der Waals surface area contributed by atoms with Gasteiger partial charge in [0.15, 0.2) is 0 Å². The van der Waals surface area contributed by atoms with Gasteiger partial charge in [-0.15, -0.1) is 0 Å². The Morgan fingerprint density at radius 2 is 1.71 bits per heavy atom. The summed E-state index contributed by atoms with van der Waals surface area (Å²) < 4.78 is 27.5. The van der Waals surface area contributed by atoms with Crippen molar-refractivity contribution < 1.29 is 13.2 Å². The van der Waals surface area contributed by atoms with Crippen LogP contribution in [0.1, 0.15) is 16.7 Å². The molecule has 2 aromatic rings. The van der Waals surface area contributed by atoms with Crippen LogP contribution in [-0.4, -0.2) is 31.7 Å². The van der Waals surface area contributed by atoms with Crippen LogP contribution < -0.4 is 5.32 Å². The minimum absolute atomic E-state index is 0.199. The van der Waals surface area contributed by atoms with E-state index in [1.54, 1.807) is 24.3 Å². The summed E-state index contributed by atoms with van der Waals surface area (Å²) >= 11 is 0. The van der Waals surface area contributed by atoms with Gasteiger partial charge in [0.2, 0.25) is 15.9 Å². The topological polar surface area (TPSA) is 66.5 Å². The molecule has 1 atom stereocenters. The first-order valence-electron chi connectivity index (χ1n) is 7.80. The quantitative estimate of drug-likeness (QED) is 0.924. The molecule has 126 valence electrons. The van der Waals surface area contributed by atoms with Gasteiger partial charge in [-0.2, -0.15) is 4.31 Å². The van der Waals surface area contributed by atoms with Crippen LogP contribution in [0.5, 0.6) is 0 Å². The second-order valence-corrected chi connectivity index (χ2v) is 7.86. The second-order valence-electron chi connectivity index (χ2n) is 5.97. The Labute approximate surface area is 142 Å². The number of carbonyl (C=O) groups excluding carboxylic acids is 1. The van der Waals surface area contributed by atoms with E-state index >= 15 is 0 Å². The number of sulfonamides is 1. The van der Waals surface area contributed by atoms with Gasteiger partial charge in [0.05, 0.1) is 4.90 Å². The summed E-state index contributed by atoms with van der Waals surface area (Å²) in [6, 6.07) is 13.6. The first-order chi connectivity index (χ1) is 11.4. The minimum atomic E-state index is -3.75. The van der Waals surface area contributed by atoms with Gasteiger partial charge in [-0.1, -0.05) is 42.0 Å². The van der Waals surface area contributed by atoms with Crippen molar-refractivity contribution in [2.45, 2.75) is 30.8 Å². The average molecular weight is 344 g/mol. The van der Waals surface area contributed by atoms with E-state index in [0.29, 0.717) is 6.42 Å². The van der Waals surface area contributed by atoms with Crippen LogP contribution in [0.25, 0.3) is 0 Å². The summed E-state index contributed by atoms with van der Waals surface area (Å²) in [7, 11) is -2.23. The number of carbonyl (C=O) groups is 1. The Bertz CT molecular complexity index is 860. The molecule has 1 heterocycles. The van der Waals surface area contributed by atoms with Crippen molar-refractivity contribution in [3.63, 3.8) is 0 Å². The molecule has 0 saturated heterocycles. The summed E-state index contributed by atoms with van der Waals surface area (Å²) in [6.07, 6.45) is 0.376. The fourth-order valence-electron chi connectivity index (χ4n) is 2.99. The molecule has 5 nitrogen and oxygen atoms in total. The summed E-state index contributed by atoms with van der Waals surface area (Å²) in [5, 5.41) is 2.58. The van der Waals surface area contributed by atoms with Crippen LogP contribution >= 0.6 is 0 Å². The Kier molecular flexibility index (Phi) is 4.43. The molecular weight excluding hydrogens is 324 g/mol. The molecule has 1 aliphatic heterocycles. The van der Waals surface area contributed by atoms with E-state index < -0.39 is 16.1 Å². The summed E-state index contributed by atoms with van der Waals surface area (Å²) in [5.74, 6) is -0.291. The molecule has 0 aliphatic carbocycles. The van der Waals surface area contributed by atoms with Crippen molar-refractivity contribution in [3.8, 4) is 0 Å². The zero-order valence-corrected chi connectivity index (χ0v) is 14.5. The largest absolute Gasteiger partial charge is 0.358 e. The lowest BCUT2D eigenvalue weighted by Gasteiger charge is -2.34. The number of aryl methyl sites for hydroxylation is 1. The monoisotopic (exact) mass is 344 g/mol. The van der Waals surface area contributed by atoms with E-state index in [1.165, 1.54) is 11.4 Å². The molecular formula is C18H20N2O3S. The highest BCUT2D eigenvalue weighted by atomic mass is 32.2. The molecule has 6 heteroatoms. The molecule has 0 spiro atoms. The standard InChI is InChI=1S/C18H20N2O3S/c1-13-7-9-16(10-8-13)24(22,23)20-12-15-6-4-3-5-14(15)11-17(20)18(21)19-2/h3-10,17H,11-12H2,1-2H3,(H,19,21)/t17-/m0/s1. The van der Waals surface area contributed by atoms with Crippen LogP contribution in [0, 0.1) is 6.92 Å². The van der Waals surface area contributed by atoms with E-state index in [-0.39, 0.29) is 17.3 Å². The van der Waals surface area contributed by atoms with Crippen LogP contribution in [0.4, 0.5) is 0 Å². The van der Waals surface area contributed by atoms with Gasteiger partial charge >= 0.3 is 0 Å². The van der Waals surface area contributed by atoms with Crippen LogP contribution in [0.2, 0.25) is 0 Å². The lowest BCUT2D eigenvalue weighted by atomic mass is 9.95. The van der Waals surface area contributed by atoms with Gasteiger partial charge in [0.1, 0.15) is 6.04 Å². The fourth-order valence-corrected chi connectivity index (χ4v) is 4.55. The number of likely N-dealkylation sites (N-methyl/N-ethyl adjacent to an activating group) is 1. The normalized spacial score (nSPS) is 18.0. The average Bonchev–Trinajstić information content (AvgIpc) is 2.60. The zero-order valence-electron chi connectivity index (χ0n) is 13.7. The maximum atomic E-state index is 13.1. The molecule has 0 aromatic heterocycles. The van der Waals surface area contributed by atoms with Gasteiger partial charge in [0, 0.05) is 13.6 Å². The smallest absolute Gasteiger partial charge is 0.244 e. The molecule has 24 heavy (non-hydrogen) atoms. The molecule has 0 radical (unpaired) electrons. The van der Waals surface area contributed by atoms with Gasteiger partial charge in [-0.3, -0.25) is 4.79 Å². The van der Waals surface area contributed by atoms with E-state index in [2.05, 4.69) is 5.32 Å². The maximum Gasteiger partial charge on any atom is 0.244 e. The molecule has 3 rings (SSSR count). The molecule has 1 N–H and O–H groups in total. The lowest BCUT2D eigenvalue weighted by molar-refractivity contribution is -0.124. The van der Waals surface area contributed by atoms with E-state index in [9.17, 15) is 13.2 Å². The Morgan fingerprint density at radius 1 is 1.08 bits per heavy atom. The number of rotatable bonds is 3. The molecule has 0 unspecified atom stereocenters. The number of hydrogen-bond donors (Lipinski definition) is 1. The number of nitrogens with one attached hydrogen (secondary N) is 1. The highest BCUT2D eigenvalue weighted by molar-refractivity contribution is 7.89. The van der Waals surface area contributed by atoms with Crippen LogP contribution in [0.15, 0.2) is 53.4 Å². The first-order valence-corrected chi connectivity index (χ1v) is 9.24. The molecule has 0 saturated carbocycles. The summed E-state index contributed by atoms with van der Waals surface area (Å²) in [4.78, 5) is 12.5. The van der Waals surface area contributed by atoms with Gasteiger partial charge in [0.25, 0.3) is 0 Å². The highest BCUT2D eigenvalue weighted by Gasteiger charge is 2.39. The summed E-state index contributed by atoms with van der Waals surface area (Å²) in [5.41, 5.74) is 2.94. The zero-order chi connectivity index (χ0) is 17.3. The van der Waals surface area contributed by atoms with Crippen LogP contribution in [0.3, 0.4) is 0 Å². The molecule has 0 bridgehead atoms. The van der Waals surface area contributed by atoms with Gasteiger partial charge in [-0.25, -0.2) is 8.42 Å². The third-order valence-corrected chi connectivity index (χ3v) is 6.25. The Balaban J connectivity index is 2.05. The van der Waals surface area contributed by atoms with Gasteiger partial charge < -0.3 is 5.32 Å². The third-order valence-electron chi connectivity index (χ3n) is 4.38. The van der Waals surface area contributed by atoms with Crippen molar-refractivity contribution >= 4 is 15.9 Å². The predicted molar refractivity (Wildman–Crippen MR) is 91.9 cm³/mol.